The molecule has 2 aromatic rings. The lowest BCUT2D eigenvalue weighted by atomic mass is 9.90. The van der Waals surface area contributed by atoms with Crippen molar-refractivity contribution in [3.05, 3.63) is 65.0 Å². The Kier molecular flexibility index (Phi) is 3.57. The molecule has 2 aliphatic heterocycles. The van der Waals surface area contributed by atoms with Crippen LogP contribution in [0.15, 0.2) is 48.0 Å². The van der Waals surface area contributed by atoms with Gasteiger partial charge >= 0.3 is 0 Å². The molecule has 0 saturated carbocycles. The molecule has 1 saturated heterocycles. The van der Waals surface area contributed by atoms with E-state index in [9.17, 15) is 4.39 Å². The first-order chi connectivity index (χ1) is 13.4. The molecule has 2 heterocycles. The van der Waals surface area contributed by atoms with Gasteiger partial charge in [0.05, 0.1) is 11.2 Å². The Morgan fingerprint density at radius 3 is 2.72 bits per heavy atom. The molecule has 0 N–H and O–H groups in total. The van der Waals surface area contributed by atoms with Crippen molar-refractivity contribution < 1.29 is 18.0 Å². The van der Waals surface area contributed by atoms with Gasteiger partial charge in [0.1, 0.15) is 23.9 Å². The highest BCUT2D eigenvalue weighted by atomic mass is 19.1. The Morgan fingerprint density at radius 2 is 1.96 bits per heavy atom. The first-order valence-electron chi connectivity index (χ1n) is 10.1. The molecule has 0 aliphatic carbocycles. The molecule has 0 unspecified atom stereocenters. The summed E-state index contributed by atoms with van der Waals surface area (Å²) < 4.78 is 46.6. The predicted octanol–water partition coefficient (Wildman–Crippen LogP) is 4.12. The van der Waals surface area contributed by atoms with Crippen molar-refractivity contribution in [2.75, 3.05) is 33.3 Å². The third-order valence-corrected chi connectivity index (χ3v) is 4.84. The third kappa shape index (κ3) is 3.27. The average molecular weight is 342 g/mol. The molecule has 130 valence electrons. The average Bonchev–Trinajstić information content (AvgIpc) is 3.14. The molecule has 2 aromatic carbocycles. The summed E-state index contributed by atoms with van der Waals surface area (Å²) in [7, 11) is -2.53. The Hall–Kier alpha value is -2.33. The van der Waals surface area contributed by atoms with Crippen molar-refractivity contribution >= 4 is 5.57 Å². The minimum atomic E-state index is -2.53. The number of likely N-dealkylation sites (tertiary alicyclic amines) is 1. The molecule has 2 aliphatic rings. The van der Waals surface area contributed by atoms with Crippen LogP contribution in [0, 0.1) is 5.82 Å². The summed E-state index contributed by atoms with van der Waals surface area (Å²) in [6.45, 7) is 3.33. The van der Waals surface area contributed by atoms with Crippen molar-refractivity contribution in [2.45, 2.75) is 12.8 Å². The molecule has 1 fully saturated rings. The Balaban J connectivity index is 1.79. The van der Waals surface area contributed by atoms with E-state index in [2.05, 4.69) is 4.90 Å². The fourth-order valence-corrected chi connectivity index (χ4v) is 3.63. The Labute approximate surface area is 151 Å². The van der Waals surface area contributed by atoms with E-state index >= 15 is 0 Å². The number of rotatable bonds is 4. The highest BCUT2D eigenvalue weighted by Crippen LogP contribution is 2.39. The molecular formula is C21H22FNO2. The number of halogens is 1. The lowest BCUT2D eigenvalue weighted by Crippen LogP contribution is -2.26. The van der Waals surface area contributed by atoms with E-state index in [1.807, 2.05) is 0 Å². The standard InChI is InChI=1S/C21H22FNO2/c1-24-18-8-9-20-19(12-18)21(15-4-6-17(22)7-5-15)16(14-25-20)13-23-10-2-3-11-23/h4-9,12H,2-3,10-11,13-14H2,1H3/i1D3. The van der Waals surface area contributed by atoms with E-state index in [1.165, 1.54) is 25.0 Å². The van der Waals surface area contributed by atoms with Gasteiger partial charge in [-0.15, -0.1) is 0 Å². The van der Waals surface area contributed by atoms with Gasteiger partial charge in [-0.3, -0.25) is 4.90 Å². The van der Waals surface area contributed by atoms with Gasteiger partial charge in [0.2, 0.25) is 0 Å². The highest BCUT2D eigenvalue weighted by molar-refractivity contribution is 5.87. The number of fused-ring (bicyclic) bond motifs is 1. The van der Waals surface area contributed by atoms with Crippen LogP contribution in [0.5, 0.6) is 11.5 Å². The monoisotopic (exact) mass is 342 g/mol. The van der Waals surface area contributed by atoms with Gasteiger partial charge in [-0.25, -0.2) is 4.39 Å². The predicted molar refractivity (Wildman–Crippen MR) is 96.6 cm³/mol. The SMILES string of the molecule is [2H]C([2H])([2H])Oc1ccc2c(c1)C(c1ccc(F)cc1)=C(CN1CCCC1)CO2. The first-order valence-corrected chi connectivity index (χ1v) is 8.56. The zero-order valence-corrected chi connectivity index (χ0v) is 13.9. The van der Waals surface area contributed by atoms with Crippen LogP contribution in [-0.2, 0) is 0 Å². The summed E-state index contributed by atoms with van der Waals surface area (Å²) in [4.78, 5) is 2.38. The quantitative estimate of drug-likeness (QED) is 0.834. The van der Waals surface area contributed by atoms with Crippen LogP contribution in [0.2, 0.25) is 0 Å². The maximum atomic E-state index is 13.5. The van der Waals surface area contributed by atoms with E-state index in [-0.39, 0.29) is 11.6 Å². The van der Waals surface area contributed by atoms with E-state index in [1.54, 1.807) is 30.3 Å². The Bertz CT molecular complexity index is 888. The van der Waals surface area contributed by atoms with Crippen LogP contribution >= 0.6 is 0 Å². The van der Waals surface area contributed by atoms with Crippen LogP contribution in [0.4, 0.5) is 4.39 Å². The first kappa shape index (κ1) is 13.0. The molecule has 0 bridgehead atoms. The van der Waals surface area contributed by atoms with Gasteiger partial charge in [-0.2, -0.15) is 0 Å². The minimum Gasteiger partial charge on any atom is -0.497 e. The van der Waals surface area contributed by atoms with Crippen LogP contribution in [0.1, 0.15) is 28.1 Å². The lowest BCUT2D eigenvalue weighted by molar-refractivity contribution is 0.308. The lowest BCUT2D eigenvalue weighted by Gasteiger charge is -2.27. The normalized spacial score (nSPS) is 19.6. The highest BCUT2D eigenvalue weighted by Gasteiger charge is 2.24. The molecular weight excluding hydrogens is 317 g/mol. The van der Waals surface area contributed by atoms with E-state index in [4.69, 9.17) is 13.6 Å². The molecule has 0 spiro atoms. The second kappa shape index (κ2) is 6.89. The van der Waals surface area contributed by atoms with Crippen molar-refractivity contribution in [3.8, 4) is 11.5 Å². The second-order valence-electron chi connectivity index (χ2n) is 6.52. The molecule has 0 radical (unpaired) electrons. The fourth-order valence-electron chi connectivity index (χ4n) is 3.63. The molecule has 0 amide bonds. The van der Waals surface area contributed by atoms with Crippen molar-refractivity contribution in [1.82, 2.24) is 4.90 Å². The summed E-state index contributed by atoms with van der Waals surface area (Å²) >= 11 is 0. The summed E-state index contributed by atoms with van der Waals surface area (Å²) in [5, 5.41) is 0. The molecule has 4 heteroatoms. The number of ether oxygens (including phenoxy) is 2. The zero-order valence-electron chi connectivity index (χ0n) is 16.9. The number of nitrogens with zero attached hydrogens (tertiary/aromatic N) is 1. The van der Waals surface area contributed by atoms with Crippen molar-refractivity contribution in [1.29, 1.82) is 0 Å². The van der Waals surface area contributed by atoms with Crippen LogP contribution in [-0.4, -0.2) is 38.2 Å². The number of hydrogen-bond donors (Lipinski definition) is 0. The van der Waals surface area contributed by atoms with E-state index in [0.29, 0.717) is 12.4 Å². The maximum Gasteiger partial charge on any atom is 0.127 e. The fraction of sp³-hybridized carbons (Fsp3) is 0.333. The second-order valence-corrected chi connectivity index (χ2v) is 6.52. The smallest absolute Gasteiger partial charge is 0.127 e. The maximum absolute atomic E-state index is 13.5. The zero-order chi connectivity index (χ0) is 19.7. The summed E-state index contributed by atoms with van der Waals surface area (Å²) in [6.07, 6.45) is 2.38. The van der Waals surface area contributed by atoms with Gasteiger partial charge in [0, 0.05) is 12.1 Å². The van der Waals surface area contributed by atoms with Crippen LogP contribution in [0.3, 0.4) is 0 Å². The van der Waals surface area contributed by atoms with Crippen LogP contribution in [0.25, 0.3) is 5.57 Å². The molecule has 0 atom stereocenters. The third-order valence-electron chi connectivity index (χ3n) is 4.84. The van der Waals surface area contributed by atoms with Gasteiger partial charge in [-0.05, 0) is 73.0 Å². The topological polar surface area (TPSA) is 21.7 Å². The summed E-state index contributed by atoms with van der Waals surface area (Å²) in [5.74, 6) is 0.629. The molecule has 25 heavy (non-hydrogen) atoms. The molecule has 0 aromatic heterocycles. The Morgan fingerprint density at radius 1 is 1.16 bits per heavy atom. The van der Waals surface area contributed by atoms with Gasteiger partial charge < -0.3 is 9.47 Å². The van der Waals surface area contributed by atoms with Gasteiger partial charge in [-0.1, -0.05) is 12.1 Å². The number of hydrogen-bond acceptors (Lipinski definition) is 3. The molecule has 4 rings (SSSR count). The largest absolute Gasteiger partial charge is 0.497 e. The minimum absolute atomic E-state index is 0.254. The summed E-state index contributed by atoms with van der Waals surface area (Å²) in [5.41, 5.74) is 3.72. The van der Waals surface area contributed by atoms with Crippen molar-refractivity contribution in [2.24, 2.45) is 0 Å². The number of methoxy groups -OCH3 is 1. The van der Waals surface area contributed by atoms with Gasteiger partial charge in [0.25, 0.3) is 0 Å². The van der Waals surface area contributed by atoms with Crippen LogP contribution < -0.4 is 9.47 Å². The van der Waals surface area contributed by atoms with Gasteiger partial charge in [0.15, 0.2) is 0 Å². The van der Waals surface area contributed by atoms with E-state index in [0.717, 1.165) is 41.9 Å². The number of benzene rings is 2. The van der Waals surface area contributed by atoms with Crippen molar-refractivity contribution in [3.63, 3.8) is 0 Å². The van der Waals surface area contributed by atoms with E-state index < -0.39 is 7.04 Å². The molecule has 3 nitrogen and oxygen atoms in total. The summed E-state index contributed by atoms with van der Waals surface area (Å²) in [6, 6.07) is 11.4.